The van der Waals surface area contributed by atoms with Crippen LogP contribution >= 0.6 is 43.0 Å². The van der Waals surface area contributed by atoms with Gasteiger partial charge >= 0.3 is 5.97 Å². The summed E-state index contributed by atoms with van der Waals surface area (Å²) in [5, 5.41) is 1.97. The minimum atomic E-state index is -0.485. The second-order valence-electron chi connectivity index (χ2n) is 4.49. The lowest BCUT2D eigenvalue weighted by molar-refractivity contribution is 0.0606. The van der Waals surface area contributed by atoms with Crippen LogP contribution in [0.4, 0.5) is 0 Å². The number of esters is 1. The molecule has 1 heterocycles. The molecule has 0 aliphatic carbocycles. The lowest BCUT2D eigenvalue weighted by Crippen LogP contribution is -2.11. The number of halogens is 3. The average Bonchev–Trinajstić information content (AvgIpc) is 2.23. The highest BCUT2D eigenvalue weighted by molar-refractivity contribution is 7.34. The van der Waals surface area contributed by atoms with Crippen LogP contribution in [0.15, 0.2) is 0 Å². The van der Waals surface area contributed by atoms with Crippen LogP contribution in [-0.2, 0) is 10.2 Å². The highest BCUT2D eigenvalue weighted by Crippen LogP contribution is 2.46. The lowest BCUT2D eigenvalue weighted by atomic mass is 9.94. The zero-order valence-corrected chi connectivity index (χ0v) is 13.1. The van der Waals surface area contributed by atoms with Gasteiger partial charge in [0.15, 0.2) is 0 Å². The molecule has 2 nitrogen and oxygen atoms in total. The van der Waals surface area contributed by atoms with Crippen LogP contribution in [-0.4, -0.2) is 13.1 Å². The van der Waals surface area contributed by atoms with E-state index in [9.17, 15) is 4.79 Å². The standard InChI is InChI=1S/C11H12Cl3O2P/c1-11(2,3)9-7(14)5(12)6(13)8(17-9)10(15)16-4/h1-4H3. The lowest BCUT2D eigenvalue weighted by Gasteiger charge is -2.22. The molecule has 94 valence electrons. The molecule has 0 radical (unpaired) electrons. The molecule has 0 saturated heterocycles. The van der Waals surface area contributed by atoms with Crippen LogP contribution in [0.1, 0.15) is 36.2 Å². The second kappa shape index (κ2) is 5.32. The Morgan fingerprint density at radius 3 is 2.06 bits per heavy atom. The number of ether oxygens (including phenoxy) is 1. The summed E-state index contributed by atoms with van der Waals surface area (Å²) in [5.74, 6) is -0.485. The molecular formula is C11H12Cl3O2P. The summed E-state index contributed by atoms with van der Waals surface area (Å²) in [5.41, 5.74) is -0.199. The second-order valence-corrected chi connectivity index (χ2v) is 6.74. The molecule has 17 heavy (non-hydrogen) atoms. The maximum Gasteiger partial charge on any atom is 0.344 e. The number of hydrogen-bond donors (Lipinski definition) is 0. The third kappa shape index (κ3) is 3.06. The topological polar surface area (TPSA) is 26.3 Å². The number of methoxy groups -OCH3 is 1. The molecule has 0 amide bonds. The first kappa shape index (κ1) is 15.0. The van der Waals surface area contributed by atoms with Gasteiger partial charge in [-0.2, -0.15) is 0 Å². The van der Waals surface area contributed by atoms with E-state index in [0.717, 1.165) is 5.30 Å². The summed E-state index contributed by atoms with van der Waals surface area (Å²) in [4.78, 5) is 11.6. The summed E-state index contributed by atoms with van der Waals surface area (Å²) in [6.07, 6.45) is 0. The van der Waals surface area contributed by atoms with E-state index in [1.165, 1.54) is 7.11 Å². The summed E-state index contributed by atoms with van der Waals surface area (Å²) in [6, 6.07) is 0. The highest BCUT2D eigenvalue weighted by Gasteiger charge is 2.26. The maximum absolute atomic E-state index is 11.6. The molecule has 6 heteroatoms. The van der Waals surface area contributed by atoms with Crippen molar-refractivity contribution in [2.24, 2.45) is 0 Å². The first-order valence-electron chi connectivity index (χ1n) is 4.83. The Labute approximate surface area is 117 Å². The predicted molar refractivity (Wildman–Crippen MR) is 74.0 cm³/mol. The Balaban J connectivity index is 3.56. The Kier molecular flexibility index (Phi) is 4.71. The third-order valence-electron chi connectivity index (χ3n) is 2.11. The molecule has 0 N–H and O–H groups in total. The number of carbonyl (C=O) groups is 1. The van der Waals surface area contributed by atoms with Crippen LogP contribution in [0.5, 0.6) is 0 Å². The molecule has 0 spiro atoms. The van der Waals surface area contributed by atoms with Crippen molar-refractivity contribution in [2.75, 3.05) is 7.11 Å². The summed E-state index contributed by atoms with van der Waals surface area (Å²) in [6.45, 7) is 5.99. The Bertz CT molecular complexity index is 467. The molecule has 0 unspecified atom stereocenters. The fourth-order valence-corrected chi connectivity index (χ4v) is 3.58. The molecule has 0 bridgehead atoms. The van der Waals surface area contributed by atoms with Crippen LogP contribution in [0, 0.1) is 0 Å². The molecule has 0 aromatic carbocycles. The predicted octanol–water partition coefficient (Wildman–Crippen LogP) is 5.31. The van der Waals surface area contributed by atoms with Crippen LogP contribution in [0.25, 0.3) is 0 Å². The summed E-state index contributed by atoms with van der Waals surface area (Å²) >= 11 is 18.2. The van der Waals surface area contributed by atoms with Crippen molar-refractivity contribution >= 4 is 49.0 Å². The maximum atomic E-state index is 11.6. The van der Waals surface area contributed by atoms with E-state index >= 15 is 0 Å². The molecule has 0 atom stereocenters. The fraction of sp³-hybridized carbons (Fsp3) is 0.455. The third-order valence-corrected chi connectivity index (χ3v) is 5.45. The van der Waals surface area contributed by atoms with Gasteiger partial charge in [-0.15, -0.1) is 0 Å². The van der Waals surface area contributed by atoms with Crippen molar-refractivity contribution in [3.05, 3.63) is 25.7 Å². The van der Waals surface area contributed by atoms with Crippen LogP contribution in [0.2, 0.25) is 15.1 Å². The van der Waals surface area contributed by atoms with Gasteiger partial charge in [-0.05, 0) is 5.41 Å². The molecule has 1 aromatic rings. The molecule has 0 aliphatic rings. The minimum Gasteiger partial charge on any atom is -0.465 e. The Hall–Kier alpha value is -0.0100. The van der Waals surface area contributed by atoms with Crippen molar-refractivity contribution in [1.82, 2.24) is 0 Å². The van der Waals surface area contributed by atoms with E-state index in [2.05, 4.69) is 4.74 Å². The van der Waals surface area contributed by atoms with Crippen molar-refractivity contribution in [3.8, 4) is 0 Å². The zero-order chi connectivity index (χ0) is 13.4. The van der Waals surface area contributed by atoms with E-state index in [1.54, 1.807) is 0 Å². The van der Waals surface area contributed by atoms with E-state index in [1.807, 2.05) is 20.8 Å². The molecular weight excluding hydrogens is 301 g/mol. The van der Waals surface area contributed by atoms with Crippen molar-refractivity contribution < 1.29 is 9.53 Å². The molecule has 0 fully saturated rings. The van der Waals surface area contributed by atoms with Crippen molar-refractivity contribution in [2.45, 2.75) is 26.2 Å². The quantitative estimate of drug-likeness (QED) is 0.657. The average molecular weight is 314 g/mol. The van der Waals surface area contributed by atoms with Gasteiger partial charge in [0.1, 0.15) is 5.30 Å². The van der Waals surface area contributed by atoms with E-state index < -0.39 is 5.97 Å². The largest absolute Gasteiger partial charge is 0.465 e. The molecule has 1 rings (SSSR count). The van der Waals surface area contributed by atoms with Gasteiger partial charge in [-0.1, -0.05) is 63.8 Å². The normalized spacial score (nSPS) is 11.9. The summed E-state index contributed by atoms with van der Waals surface area (Å²) in [7, 11) is 1.95. The summed E-state index contributed by atoms with van der Waals surface area (Å²) < 4.78 is 4.68. The van der Waals surface area contributed by atoms with Crippen molar-refractivity contribution in [1.29, 1.82) is 0 Å². The monoisotopic (exact) mass is 312 g/mol. The smallest absolute Gasteiger partial charge is 0.344 e. The van der Waals surface area contributed by atoms with Crippen molar-refractivity contribution in [3.63, 3.8) is 0 Å². The SMILES string of the molecule is COC(=O)c1pc(C(C)(C)C)c(Cl)c(Cl)c1Cl. The highest BCUT2D eigenvalue weighted by atomic mass is 35.5. The van der Waals surface area contributed by atoms with Gasteiger partial charge in [0.2, 0.25) is 0 Å². The van der Waals surface area contributed by atoms with E-state index in [0.29, 0.717) is 18.5 Å². The van der Waals surface area contributed by atoms with Gasteiger partial charge in [-0.3, -0.25) is 0 Å². The van der Waals surface area contributed by atoms with E-state index in [-0.39, 0.29) is 15.5 Å². The van der Waals surface area contributed by atoms with Gasteiger partial charge in [-0.25, -0.2) is 4.79 Å². The number of carbonyl (C=O) groups excluding carboxylic acids is 1. The number of rotatable bonds is 1. The van der Waals surface area contributed by atoms with Gasteiger partial charge in [0.25, 0.3) is 0 Å². The molecule has 0 aliphatic heterocycles. The van der Waals surface area contributed by atoms with Crippen LogP contribution in [0.3, 0.4) is 0 Å². The molecule has 1 aromatic heterocycles. The molecule has 0 saturated carbocycles. The first-order chi connectivity index (χ1) is 7.70. The minimum absolute atomic E-state index is 0.165. The van der Waals surface area contributed by atoms with Gasteiger partial charge < -0.3 is 4.74 Å². The fourth-order valence-electron chi connectivity index (χ4n) is 1.24. The van der Waals surface area contributed by atoms with Gasteiger partial charge in [0.05, 0.1) is 22.2 Å². The zero-order valence-electron chi connectivity index (χ0n) is 9.90. The van der Waals surface area contributed by atoms with Crippen LogP contribution < -0.4 is 0 Å². The van der Waals surface area contributed by atoms with Gasteiger partial charge in [0, 0.05) is 5.30 Å². The Morgan fingerprint density at radius 2 is 1.65 bits per heavy atom. The number of hydrogen-bond acceptors (Lipinski definition) is 2. The Morgan fingerprint density at radius 1 is 1.12 bits per heavy atom. The van der Waals surface area contributed by atoms with E-state index in [4.69, 9.17) is 34.8 Å². The first-order valence-corrected chi connectivity index (χ1v) is 6.86.